The number of benzene rings is 2. The van der Waals surface area contributed by atoms with Crippen LogP contribution in [-0.2, 0) is 16.1 Å². The number of nitrogens with one attached hydrogen (secondary N) is 1. The molecule has 0 spiro atoms. The van der Waals surface area contributed by atoms with Gasteiger partial charge in [0.1, 0.15) is 6.61 Å². The molecule has 1 heterocycles. The number of hydrogen-bond donors (Lipinski definition) is 1. The molecule has 1 N–H and O–H groups in total. The molecule has 1 aliphatic rings. The average Bonchev–Trinajstić information content (AvgIpc) is 2.61. The van der Waals surface area contributed by atoms with E-state index < -0.39 is 0 Å². The summed E-state index contributed by atoms with van der Waals surface area (Å²) < 4.78 is 5.29. The van der Waals surface area contributed by atoms with Crippen LogP contribution in [0.3, 0.4) is 0 Å². The summed E-state index contributed by atoms with van der Waals surface area (Å²) in [6, 6.07) is 16.6. The van der Waals surface area contributed by atoms with Crippen LogP contribution in [0.2, 0.25) is 0 Å². The van der Waals surface area contributed by atoms with Gasteiger partial charge in [-0.05, 0) is 23.3 Å². The van der Waals surface area contributed by atoms with Gasteiger partial charge in [0.15, 0.2) is 0 Å². The lowest BCUT2D eigenvalue weighted by atomic mass is 10.0. The maximum atomic E-state index is 12.0. The van der Waals surface area contributed by atoms with Crippen LogP contribution in [0, 0.1) is 0 Å². The number of rotatable bonds is 4. The number of hydrazone groups is 1. The second-order valence-electron chi connectivity index (χ2n) is 5.23. The monoisotopic (exact) mass is 308 g/mol. The van der Waals surface area contributed by atoms with Crippen molar-refractivity contribution >= 4 is 17.6 Å². The molecule has 0 unspecified atom stereocenters. The van der Waals surface area contributed by atoms with E-state index in [1.165, 1.54) is 0 Å². The Morgan fingerprint density at radius 2 is 1.78 bits per heavy atom. The van der Waals surface area contributed by atoms with Crippen LogP contribution < -0.4 is 5.43 Å². The summed E-state index contributed by atoms with van der Waals surface area (Å²) in [6.07, 6.45) is 1.03. The van der Waals surface area contributed by atoms with Crippen LogP contribution in [0.4, 0.5) is 0 Å². The molecule has 116 valence electrons. The molecule has 1 amide bonds. The molecule has 2 aromatic rings. The SMILES string of the molecule is O=C1CCC(c2ccc(C(=O)OCc3ccccc3)cc2)=NN1. The molecule has 0 aliphatic carbocycles. The molecule has 0 fully saturated rings. The van der Waals surface area contributed by atoms with E-state index in [9.17, 15) is 9.59 Å². The smallest absolute Gasteiger partial charge is 0.338 e. The average molecular weight is 308 g/mol. The van der Waals surface area contributed by atoms with E-state index in [2.05, 4.69) is 10.5 Å². The van der Waals surface area contributed by atoms with Crippen LogP contribution in [0.5, 0.6) is 0 Å². The first-order chi connectivity index (χ1) is 11.2. The van der Waals surface area contributed by atoms with Gasteiger partial charge in [0, 0.05) is 12.8 Å². The third-order valence-electron chi connectivity index (χ3n) is 3.57. The molecule has 2 aromatic carbocycles. The van der Waals surface area contributed by atoms with Gasteiger partial charge in [-0.25, -0.2) is 10.2 Å². The number of esters is 1. The summed E-state index contributed by atoms with van der Waals surface area (Å²) >= 11 is 0. The van der Waals surface area contributed by atoms with Crippen molar-refractivity contribution in [1.82, 2.24) is 5.43 Å². The Kier molecular flexibility index (Phi) is 4.47. The maximum Gasteiger partial charge on any atom is 0.338 e. The quantitative estimate of drug-likeness (QED) is 0.883. The molecule has 5 heteroatoms. The second-order valence-corrected chi connectivity index (χ2v) is 5.23. The van der Waals surface area contributed by atoms with E-state index in [0.29, 0.717) is 18.4 Å². The highest BCUT2D eigenvalue weighted by Crippen LogP contribution is 2.13. The zero-order valence-electron chi connectivity index (χ0n) is 12.5. The molecular weight excluding hydrogens is 292 g/mol. The highest BCUT2D eigenvalue weighted by molar-refractivity contribution is 6.04. The predicted octanol–water partition coefficient (Wildman–Crippen LogP) is 2.66. The molecule has 0 radical (unpaired) electrons. The normalized spacial score (nSPS) is 13.9. The fraction of sp³-hybridized carbons (Fsp3) is 0.167. The van der Waals surface area contributed by atoms with Gasteiger partial charge in [-0.2, -0.15) is 5.10 Å². The standard InChI is InChI=1S/C18H16N2O3/c21-17-11-10-16(19-20-17)14-6-8-15(9-7-14)18(22)23-12-13-4-2-1-3-5-13/h1-9H,10-12H2,(H,20,21). The minimum atomic E-state index is -0.362. The van der Waals surface area contributed by atoms with Gasteiger partial charge in [0.05, 0.1) is 11.3 Å². The Bertz CT molecular complexity index is 737. The first-order valence-electron chi connectivity index (χ1n) is 7.39. The summed E-state index contributed by atoms with van der Waals surface area (Å²) in [4.78, 5) is 23.1. The molecule has 3 rings (SSSR count). The summed E-state index contributed by atoms with van der Waals surface area (Å²) in [5.74, 6) is -0.436. The van der Waals surface area contributed by atoms with Gasteiger partial charge >= 0.3 is 5.97 Å². The molecule has 23 heavy (non-hydrogen) atoms. The Morgan fingerprint density at radius 3 is 2.43 bits per heavy atom. The summed E-state index contributed by atoms with van der Waals surface area (Å²) in [7, 11) is 0. The number of carbonyl (C=O) groups is 2. The molecule has 5 nitrogen and oxygen atoms in total. The largest absolute Gasteiger partial charge is 0.457 e. The van der Waals surface area contributed by atoms with Crippen molar-refractivity contribution in [2.45, 2.75) is 19.4 Å². The molecule has 0 saturated heterocycles. The van der Waals surface area contributed by atoms with Crippen molar-refractivity contribution < 1.29 is 14.3 Å². The Hall–Kier alpha value is -2.95. The van der Waals surface area contributed by atoms with Gasteiger partial charge in [-0.15, -0.1) is 0 Å². The second kappa shape index (κ2) is 6.87. The lowest BCUT2D eigenvalue weighted by Gasteiger charge is -2.12. The summed E-state index contributed by atoms with van der Waals surface area (Å²) in [6.45, 7) is 0.250. The van der Waals surface area contributed by atoms with Crippen LogP contribution in [0.25, 0.3) is 0 Å². The van der Waals surface area contributed by atoms with E-state index in [1.54, 1.807) is 12.1 Å². The number of hydrogen-bond acceptors (Lipinski definition) is 4. The fourth-order valence-corrected chi connectivity index (χ4v) is 2.29. The van der Waals surface area contributed by atoms with Gasteiger partial charge in [-0.3, -0.25) is 4.79 Å². The topological polar surface area (TPSA) is 67.8 Å². The molecular formula is C18H16N2O3. The Balaban J connectivity index is 1.62. The highest BCUT2D eigenvalue weighted by Gasteiger charge is 2.14. The zero-order valence-corrected chi connectivity index (χ0v) is 12.5. The number of ether oxygens (including phenoxy) is 1. The molecule has 1 aliphatic heterocycles. The first kappa shape index (κ1) is 15.0. The Labute approximate surface area is 134 Å². The maximum absolute atomic E-state index is 12.0. The van der Waals surface area contributed by atoms with Crippen molar-refractivity contribution in [1.29, 1.82) is 0 Å². The van der Waals surface area contributed by atoms with Gasteiger partial charge < -0.3 is 4.74 Å². The summed E-state index contributed by atoms with van der Waals surface area (Å²) in [5, 5.41) is 4.03. The minimum absolute atomic E-state index is 0.0742. The molecule has 0 atom stereocenters. The molecule has 0 aromatic heterocycles. The zero-order chi connectivity index (χ0) is 16.1. The number of carbonyl (C=O) groups excluding carboxylic acids is 2. The van der Waals surface area contributed by atoms with Crippen LogP contribution in [0.15, 0.2) is 59.7 Å². The number of amides is 1. The van der Waals surface area contributed by atoms with Crippen LogP contribution in [-0.4, -0.2) is 17.6 Å². The number of nitrogens with zero attached hydrogens (tertiary/aromatic N) is 1. The lowest BCUT2D eigenvalue weighted by molar-refractivity contribution is -0.121. The Morgan fingerprint density at radius 1 is 1.04 bits per heavy atom. The summed E-state index contributed by atoms with van der Waals surface area (Å²) in [5.41, 5.74) is 5.61. The van der Waals surface area contributed by atoms with E-state index in [0.717, 1.165) is 16.8 Å². The third-order valence-corrected chi connectivity index (χ3v) is 3.57. The van der Waals surface area contributed by atoms with Crippen molar-refractivity contribution in [2.75, 3.05) is 0 Å². The van der Waals surface area contributed by atoms with Crippen molar-refractivity contribution in [3.63, 3.8) is 0 Å². The predicted molar refractivity (Wildman–Crippen MR) is 85.9 cm³/mol. The third kappa shape index (κ3) is 3.83. The highest BCUT2D eigenvalue weighted by atomic mass is 16.5. The van der Waals surface area contributed by atoms with E-state index >= 15 is 0 Å². The minimum Gasteiger partial charge on any atom is -0.457 e. The van der Waals surface area contributed by atoms with Crippen LogP contribution >= 0.6 is 0 Å². The van der Waals surface area contributed by atoms with E-state index in [1.807, 2.05) is 42.5 Å². The van der Waals surface area contributed by atoms with Gasteiger partial charge in [0.2, 0.25) is 5.91 Å². The van der Waals surface area contributed by atoms with E-state index in [-0.39, 0.29) is 18.5 Å². The molecule has 0 bridgehead atoms. The van der Waals surface area contributed by atoms with E-state index in [4.69, 9.17) is 4.74 Å². The first-order valence-corrected chi connectivity index (χ1v) is 7.39. The van der Waals surface area contributed by atoms with Crippen LogP contribution in [0.1, 0.15) is 34.3 Å². The van der Waals surface area contributed by atoms with Gasteiger partial charge in [0.25, 0.3) is 0 Å². The van der Waals surface area contributed by atoms with Gasteiger partial charge in [-0.1, -0.05) is 42.5 Å². The van der Waals surface area contributed by atoms with Crippen molar-refractivity contribution in [3.05, 3.63) is 71.3 Å². The van der Waals surface area contributed by atoms with Crippen molar-refractivity contribution in [3.8, 4) is 0 Å². The lowest BCUT2D eigenvalue weighted by Crippen LogP contribution is -2.25. The van der Waals surface area contributed by atoms with Crippen molar-refractivity contribution in [2.24, 2.45) is 5.10 Å². The fourth-order valence-electron chi connectivity index (χ4n) is 2.29. The molecule has 0 saturated carbocycles.